The van der Waals surface area contributed by atoms with E-state index in [1.54, 1.807) is 6.20 Å². The second-order valence-corrected chi connectivity index (χ2v) is 5.02. The number of carbonyl (C=O) groups is 1. The first-order valence-corrected chi connectivity index (χ1v) is 6.27. The Morgan fingerprint density at radius 2 is 2.06 bits per heavy atom. The summed E-state index contributed by atoms with van der Waals surface area (Å²) in [6, 6.07) is 0.516. The molecule has 3 heteroatoms. The molecule has 0 aliphatic heterocycles. The molecule has 0 unspecified atom stereocenters. The van der Waals surface area contributed by atoms with Crippen LogP contribution < -0.4 is 0 Å². The molecule has 0 bridgehead atoms. The summed E-state index contributed by atoms with van der Waals surface area (Å²) in [5.74, 6) is 0.256. The fourth-order valence-electron chi connectivity index (χ4n) is 2.34. The molecule has 88 valence electrons. The van der Waals surface area contributed by atoms with Crippen LogP contribution in [0, 0.1) is 5.92 Å². The van der Waals surface area contributed by atoms with Crippen molar-refractivity contribution in [2.45, 2.75) is 52.0 Å². The number of hydrogen-bond donors (Lipinski definition) is 0. The van der Waals surface area contributed by atoms with Crippen molar-refractivity contribution in [2.75, 3.05) is 0 Å². The maximum Gasteiger partial charge on any atom is 0.168 e. The molecule has 1 aliphatic rings. The molecule has 2 rings (SSSR count). The van der Waals surface area contributed by atoms with Crippen molar-refractivity contribution in [3.63, 3.8) is 0 Å². The lowest BCUT2D eigenvalue weighted by molar-refractivity contribution is 0.0939. The number of rotatable bonds is 3. The first-order valence-electron chi connectivity index (χ1n) is 6.27. The van der Waals surface area contributed by atoms with Gasteiger partial charge in [0.05, 0.1) is 17.8 Å². The molecule has 0 aromatic carbocycles. The van der Waals surface area contributed by atoms with E-state index in [0.717, 1.165) is 5.56 Å². The Labute approximate surface area is 96.8 Å². The van der Waals surface area contributed by atoms with Gasteiger partial charge < -0.3 is 0 Å². The van der Waals surface area contributed by atoms with Crippen LogP contribution in [-0.4, -0.2) is 15.6 Å². The Morgan fingerprint density at radius 1 is 1.38 bits per heavy atom. The highest BCUT2D eigenvalue weighted by Crippen LogP contribution is 2.27. The monoisotopic (exact) mass is 220 g/mol. The number of Topliss-reactive ketones (excluding diaryl/α,β-unsaturated/α-hetero) is 1. The standard InChI is InChI=1S/C13H20N2O/c1-10(2)13(16)11-8-14-15(9-11)12-6-4-3-5-7-12/h8-10,12H,3-7H2,1-2H3. The van der Waals surface area contributed by atoms with E-state index < -0.39 is 0 Å². The highest BCUT2D eigenvalue weighted by atomic mass is 16.1. The molecule has 0 saturated heterocycles. The maximum absolute atomic E-state index is 11.8. The van der Waals surface area contributed by atoms with Crippen LogP contribution in [0.2, 0.25) is 0 Å². The largest absolute Gasteiger partial charge is 0.294 e. The molecular formula is C13H20N2O. The lowest BCUT2D eigenvalue weighted by atomic mass is 9.96. The van der Waals surface area contributed by atoms with Crippen LogP contribution in [0.25, 0.3) is 0 Å². The summed E-state index contributed by atoms with van der Waals surface area (Å²) in [6.45, 7) is 3.86. The minimum atomic E-state index is 0.0593. The van der Waals surface area contributed by atoms with Gasteiger partial charge in [0.15, 0.2) is 5.78 Å². The first kappa shape index (κ1) is 11.4. The average molecular weight is 220 g/mol. The highest BCUT2D eigenvalue weighted by molar-refractivity contribution is 5.96. The first-order chi connectivity index (χ1) is 7.68. The van der Waals surface area contributed by atoms with Gasteiger partial charge in [0.2, 0.25) is 0 Å². The highest BCUT2D eigenvalue weighted by Gasteiger charge is 2.18. The Bertz CT molecular complexity index is 362. The topological polar surface area (TPSA) is 34.9 Å². The van der Waals surface area contributed by atoms with Crippen molar-refractivity contribution in [2.24, 2.45) is 5.92 Å². The van der Waals surface area contributed by atoms with Crippen LogP contribution in [-0.2, 0) is 0 Å². The molecular weight excluding hydrogens is 200 g/mol. The molecule has 1 aromatic rings. The van der Waals surface area contributed by atoms with Gasteiger partial charge >= 0.3 is 0 Å². The lowest BCUT2D eigenvalue weighted by Gasteiger charge is -2.21. The van der Waals surface area contributed by atoms with Gasteiger partial charge in [0.1, 0.15) is 0 Å². The molecule has 1 aromatic heterocycles. The maximum atomic E-state index is 11.8. The summed E-state index contributed by atoms with van der Waals surface area (Å²) >= 11 is 0. The van der Waals surface area contributed by atoms with Crippen LogP contribution in [0.4, 0.5) is 0 Å². The van der Waals surface area contributed by atoms with Gasteiger partial charge in [0.25, 0.3) is 0 Å². The smallest absolute Gasteiger partial charge is 0.168 e. The average Bonchev–Trinajstić information content (AvgIpc) is 2.78. The van der Waals surface area contributed by atoms with Crippen molar-refractivity contribution in [3.05, 3.63) is 18.0 Å². The van der Waals surface area contributed by atoms with Crippen molar-refractivity contribution in [3.8, 4) is 0 Å². The van der Waals surface area contributed by atoms with Crippen molar-refractivity contribution >= 4 is 5.78 Å². The van der Waals surface area contributed by atoms with E-state index in [1.807, 2.05) is 24.7 Å². The molecule has 0 N–H and O–H groups in total. The predicted molar refractivity (Wildman–Crippen MR) is 63.5 cm³/mol. The third-order valence-electron chi connectivity index (χ3n) is 3.36. The second kappa shape index (κ2) is 4.81. The van der Waals surface area contributed by atoms with Crippen molar-refractivity contribution < 1.29 is 4.79 Å². The number of carbonyl (C=O) groups excluding carboxylic acids is 1. The molecule has 0 radical (unpaired) electrons. The Kier molecular flexibility index (Phi) is 3.42. The van der Waals surface area contributed by atoms with Crippen LogP contribution in [0.5, 0.6) is 0 Å². The lowest BCUT2D eigenvalue weighted by Crippen LogP contribution is -2.13. The third-order valence-corrected chi connectivity index (χ3v) is 3.36. The number of aromatic nitrogens is 2. The van der Waals surface area contributed by atoms with Crippen LogP contribution >= 0.6 is 0 Å². The molecule has 0 atom stereocenters. The summed E-state index contributed by atoms with van der Waals surface area (Å²) in [7, 11) is 0. The van der Waals surface area contributed by atoms with Gasteiger partial charge in [-0.25, -0.2) is 0 Å². The van der Waals surface area contributed by atoms with Gasteiger partial charge in [-0.2, -0.15) is 5.10 Å². The van der Waals surface area contributed by atoms with Crippen molar-refractivity contribution in [1.29, 1.82) is 0 Å². The molecule has 0 spiro atoms. The summed E-state index contributed by atoms with van der Waals surface area (Å²) in [5, 5.41) is 4.34. The summed E-state index contributed by atoms with van der Waals surface area (Å²) in [5.41, 5.74) is 0.764. The fourth-order valence-corrected chi connectivity index (χ4v) is 2.34. The van der Waals surface area contributed by atoms with Gasteiger partial charge in [-0.05, 0) is 12.8 Å². The predicted octanol–water partition coefficient (Wildman–Crippen LogP) is 3.23. The summed E-state index contributed by atoms with van der Waals surface area (Å²) < 4.78 is 1.99. The minimum absolute atomic E-state index is 0.0593. The second-order valence-electron chi connectivity index (χ2n) is 5.02. The van der Waals surface area contributed by atoms with E-state index in [2.05, 4.69) is 5.10 Å². The van der Waals surface area contributed by atoms with Gasteiger partial charge in [-0.3, -0.25) is 9.48 Å². The molecule has 16 heavy (non-hydrogen) atoms. The molecule has 1 heterocycles. The number of nitrogens with zero attached hydrogens (tertiary/aromatic N) is 2. The zero-order chi connectivity index (χ0) is 11.5. The molecule has 3 nitrogen and oxygen atoms in total. The Hall–Kier alpha value is -1.12. The van der Waals surface area contributed by atoms with E-state index >= 15 is 0 Å². The van der Waals surface area contributed by atoms with Gasteiger partial charge in [-0.1, -0.05) is 33.1 Å². The zero-order valence-electron chi connectivity index (χ0n) is 10.1. The van der Waals surface area contributed by atoms with E-state index in [9.17, 15) is 4.79 Å². The number of hydrogen-bond acceptors (Lipinski definition) is 2. The summed E-state index contributed by atoms with van der Waals surface area (Å²) in [6.07, 6.45) is 9.98. The van der Waals surface area contributed by atoms with E-state index in [1.165, 1.54) is 32.1 Å². The molecule has 1 fully saturated rings. The van der Waals surface area contributed by atoms with Crippen LogP contribution in [0.15, 0.2) is 12.4 Å². The number of ketones is 1. The van der Waals surface area contributed by atoms with Crippen LogP contribution in [0.3, 0.4) is 0 Å². The summed E-state index contributed by atoms with van der Waals surface area (Å²) in [4.78, 5) is 11.8. The van der Waals surface area contributed by atoms with E-state index in [0.29, 0.717) is 6.04 Å². The van der Waals surface area contributed by atoms with Crippen molar-refractivity contribution in [1.82, 2.24) is 9.78 Å². The quantitative estimate of drug-likeness (QED) is 0.733. The minimum Gasteiger partial charge on any atom is -0.294 e. The SMILES string of the molecule is CC(C)C(=O)c1cnn(C2CCCCC2)c1. The third kappa shape index (κ3) is 2.34. The Morgan fingerprint density at radius 3 is 2.69 bits per heavy atom. The van der Waals surface area contributed by atoms with E-state index in [-0.39, 0.29) is 11.7 Å². The molecule has 1 aliphatic carbocycles. The normalized spacial score (nSPS) is 17.9. The Balaban J connectivity index is 2.09. The molecule has 0 amide bonds. The van der Waals surface area contributed by atoms with E-state index in [4.69, 9.17) is 0 Å². The van der Waals surface area contributed by atoms with Gasteiger partial charge in [-0.15, -0.1) is 0 Å². The fraction of sp³-hybridized carbons (Fsp3) is 0.692. The zero-order valence-corrected chi connectivity index (χ0v) is 10.1. The van der Waals surface area contributed by atoms with Crippen LogP contribution in [0.1, 0.15) is 62.4 Å². The van der Waals surface area contributed by atoms with Gasteiger partial charge in [0, 0.05) is 12.1 Å². The molecule has 1 saturated carbocycles.